The summed E-state index contributed by atoms with van der Waals surface area (Å²) in [5, 5.41) is 10.7. The van der Waals surface area contributed by atoms with Gasteiger partial charge in [0.1, 0.15) is 5.82 Å². The van der Waals surface area contributed by atoms with Crippen LogP contribution in [-0.4, -0.2) is 20.3 Å². The third-order valence-corrected chi connectivity index (χ3v) is 3.89. The first kappa shape index (κ1) is 11.5. The largest absolute Gasteiger partial charge is 0.389 e. The molecular weight excluding hydrogens is 224 g/mol. The molecule has 1 aromatic carbocycles. The first-order chi connectivity index (χ1) is 8.66. The number of aliphatic hydroxyl groups is 1. The van der Waals surface area contributed by atoms with Crippen LogP contribution in [0.2, 0.25) is 0 Å². The van der Waals surface area contributed by atoms with Crippen LogP contribution in [0, 0.1) is 0 Å². The lowest BCUT2D eigenvalue weighted by Crippen LogP contribution is -2.30. The van der Waals surface area contributed by atoms with Crippen molar-refractivity contribution in [3.8, 4) is 0 Å². The number of fused-ring (bicyclic) bond motifs is 1. The minimum absolute atomic E-state index is 0.588. The SMILES string of the molecule is Cn1ccnc1CCC1(O)Cc2ccccc2C1. The maximum atomic E-state index is 10.7. The quantitative estimate of drug-likeness (QED) is 0.892. The van der Waals surface area contributed by atoms with E-state index in [2.05, 4.69) is 17.1 Å². The molecule has 0 fully saturated rings. The number of hydrogen-bond donors (Lipinski definition) is 1. The normalized spacial score (nSPS) is 16.8. The number of rotatable bonds is 3. The fraction of sp³-hybridized carbons (Fsp3) is 0.400. The highest BCUT2D eigenvalue weighted by Crippen LogP contribution is 2.32. The van der Waals surface area contributed by atoms with Crippen molar-refractivity contribution in [3.05, 3.63) is 53.6 Å². The van der Waals surface area contributed by atoms with Crippen LogP contribution in [0.4, 0.5) is 0 Å². The van der Waals surface area contributed by atoms with Crippen LogP contribution in [0.5, 0.6) is 0 Å². The Morgan fingerprint density at radius 2 is 1.94 bits per heavy atom. The van der Waals surface area contributed by atoms with Gasteiger partial charge in [-0.2, -0.15) is 0 Å². The molecule has 0 amide bonds. The molecule has 18 heavy (non-hydrogen) atoms. The zero-order valence-corrected chi connectivity index (χ0v) is 10.6. The van der Waals surface area contributed by atoms with Gasteiger partial charge in [0.05, 0.1) is 5.60 Å². The zero-order chi connectivity index (χ0) is 12.6. The Hall–Kier alpha value is -1.61. The summed E-state index contributed by atoms with van der Waals surface area (Å²) in [5.41, 5.74) is 2.00. The summed E-state index contributed by atoms with van der Waals surface area (Å²) < 4.78 is 2.02. The van der Waals surface area contributed by atoms with Crippen molar-refractivity contribution in [2.45, 2.75) is 31.3 Å². The molecular formula is C15H18N2O. The Morgan fingerprint density at radius 3 is 2.50 bits per heavy atom. The van der Waals surface area contributed by atoms with Gasteiger partial charge in [0.2, 0.25) is 0 Å². The second kappa shape index (κ2) is 4.25. The van der Waals surface area contributed by atoms with Crippen LogP contribution in [0.25, 0.3) is 0 Å². The Balaban J connectivity index is 1.70. The van der Waals surface area contributed by atoms with Gasteiger partial charge in [0, 0.05) is 38.7 Å². The highest BCUT2D eigenvalue weighted by atomic mass is 16.3. The predicted octanol–water partition coefficient (Wildman–Crippen LogP) is 1.88. The molecule has 0 saturated heterocycles. The first-order valence-electron chi connectivity index (χ1n) is 6.42. The van der Waals surface area contributed by atoms with Crippen molar-refractivity contribution in [2.24, 2.45) is 7.05 Å². The van der Waals surface area contributed by atoms with Crippen LogP contribution in [0.3, 0.4) is 0 Å². The van der Waals surface area contributed by atoms with Crippen LogP contribution in [-0.2, 0) is 26.3 Å². The van der Waals surface area contributed by atoms with Crippen molar-refractivity contribution < 1.29 is 5.11 Å². The average Bonchev–Trinajstić information content (AvgIpc) is 2.89. The molecule has 1 N–H and O–H groups in total. The Morgan fingerprint density at radius 1 is 1.28 bits per heavy atom. The second-order valence-corrected chi connectivity index (χ2v) is 5.30. The summed E-state index contributed by atoms with van der Waals surface area (Å²) in [4.78, 5) is 4.31. The maximum Gasteiger partial charge on any atom is 0.108 e. The summed E-state index contributed by atoms with van der Waals surface area (Å²) in [6, 6.07) is 8.33. The number of aromatic nitrogens is 2. The van der Waals surface area contributed by atoms with Crippen LogP contribution in [0.1, 0.15) is 23.4 Å². The molecule has 0 unspecified atom stereocenters. The number of nitrogens with zero attached hydrogens (tertiary/aromatic N) is 2. The number of hydrogen-bond acceptors (Lipinski definition) is 2. The van der Waals surface area contributed by atoms with E-state index in [1.807, 2.05) is 36.1 Å². The number of aryl methyl sites for hydroxylation is 2. The fourth-order valence-corrected chi connectivity index (χ4v) is 2.83. The lowest BCUT2D eigenvalue weighted by Gasteiger charge is -2.21. The summed E-state index contributed by atoms with van der Waals surface area (Å²) in [6.45, 7) is 0. The van der Waals surface area contributed by atoms with Gasteiger partial charge < -0.3 is 9.67 Å². The minimum atomic E-state index is -0.588. The zero-order valence-electron chi connectivity index (χ0n) is 10.6. The molecule has 0 radical (unpaired) electrons. The van der Waals surface area contributed by atoms with E-state index in [-0.39, 0.29) is 0 Å². The van der Waals surface area contributed by atoms with E-state index in [0.29, 0.717) is 0 Å². The fourth-order valence-electron chi connectivity index (χ4n) is 2.83. The van der Waals surface area contributed by atoms with Gasteiger partial charge in [-0.3, -0.25) is 0 Å². The predicted molar refractivity (Wildman–Crippen MR) is 70.3 cm³/mol. The lowest BCUT2D eigenvalue weighted by molar-refractivity contribution is 0.0420. The van der Waals surface area contributed by atoms with E-state index < -0.39 is 5.60 Å². The third-order valence-electron chi connectivity index (χ3n) is 3.89. The van der Waals surface area contributed by atoms with E-state index in [9.17, 15) is 5.11 Å². The third kappa shape index (κ3) is 2.06. The van der Waals surface area contributed by atoms with Gasteiger partial charge in [-0.25, -0.2) is 4.98 Å². The maximum absolute atomic E-state index is 10.7. The molecule has 94 valence electrons. The number of imidazole rings is 1. The summed E-state index contributed by atoms with van der Waals surface area (Å²) >= 11 is 0. The second-order valence-electron chi connectivity index (χ2n) is 5.30. The summed E-state index contributed by atoms with van der Waals surface area (Å²) in [6.07, 6.45) is 6.90. The van der Waals surface area contributed by atoms with E-state index in [4.69, 9.17) is 0 Å². The van der Waals surface area contributed by atoms with Gasteiger partial charge in [0.25, 0.3) is 0 Å². The van der Waals surface area contributed by atoms with E-state index in [1.165, 1.54) is 11.1 Å². The summed E-state index contributed by atoms with van der Waals surface area (Å²) in [5.74, 6) is 1.04. The van der Waals surface area contributed by atoms with E-state index in [1.54, 1.807) is 0 Å². The monoisotopic (exact) mass is 242 g/mol. The van der Waals surface area contributed by atoms with Crippen molar-refractivity contribution in [2.75, 3.05) is 0 Å². The molecule has 0 saturated carbocycles. The van der Waals surface area contributed by atoms with Gasteiger partial charge in [0.15, 0.2) is 0 Å². The molecule has 1 aromatic heterocycles. The summed E-state index contributed by atoms with van der Waals surface area (Å²) in [7, 11) is 2.00. The van der Waals surface area contributed by atoms with Crippen molar-refractivity contribution >= 4 is 0 Å². The van der Waals surface area contributed by atoms with Gasteiger partial charge in [-0.1, -0.05) is 24.3 Å². The smallest absolute Gasteiger partial charge is 0.108 e. The molecule has 3 rings (SSSR count). The minimum Gasteiger partial charge on any atom is -0.389 e. The van der Waals surface area contributed by atoms with E-state index >= 15 is 0 Å². The van der Waals surface area contributed by atoms with Crippen molar-refractivity contribution in [3.63, 3.8) is 0 Å². The van der Waals surface area contributed by atoms with Gasteiger partial charge >= 0.3 is 0 Å². The van der Waals surface area contributed by atoms with Crippen molar-refractivity contribution in [1.82, 2.24) is 9.55 Å². The molecule has 1 aliphatic rings. The average molecular weight is 242 g/mol. The van der Waals surface area contributed by atoms with E-state index in [0.717, 1.165) is 31.5 Å². The van der Waals surface area contributed by atoms with Crippen LogP contribution < -0.4 is 0 Å². The molecule has 1 aliphatic carbocycles. The number of benzene rings is 1. The highest BCUT2D eigenvalue weighted by molar-refractivity contribution is 5.35. The molecule has 3 heteroatoms. The molecule has 3 nitrogen and oxygen atoms in total. The molecule has 0 bridgehead atoms. The Labute approximate surface area is 107 Å². The molecule has 1 heterocycles. The first-order valence-corrected chi connectivity index (χ1v) is 6.42. The topological polar surface area (TPSA) is 38.0 Å². The van der Waals surface area contributed by atoms with Gasteiger partial charge in [-0.15, -0.1) is 0 Å². The Bertz CT molecular complexity index is 534. The highest BCUT2D eigenvalue weighted by Gasteiger charge is 2.34. The standard InChI is InChI=1S/C15H18N2O/c1-17-9-8-16-14(17)6-7-15(18)10-12-4-2-3-5-13(12)11-15/h2-5,8-9,18H,6-7,10-11H2,1H3. The van der Waals surface area contributed by atoms with Crippen LogP contribution in [0.15, 0.2) is 36.7 Å². The molecule has 0 spiro atoms. The Kier molecular flexibility index (Phi) is 2.71. The lowest BCUT2D eigenvalue weighted by atomic mass is 9.94. The van der Waals surface area contributed by atoms with Crippen LogP contribution >= 0.6 is 0 Å². The molecule has 0 atom stereocenters. The molecule has 2 aromatic rings. The van der Waals surface area contributed by atoms with Gasteiger partial charge in [-0.05, 0) is 17.5 Å². The van der Waals surface area contributed by atoms with Crippen molar-refractivity contribution in [1.29, 1.82) is 0 Å². The molecule has 0 aliphatic heterocycles.